The molecule has 6 rings (SSSR count). The number of aromatic nitrogens is 4. The van der Waals surface area contributed by atoms with Crippen LogP contribution in [0.2, 0.25) is 0 Å². The van der Waals surface area contributed by atoms with E-state index < -0.39 is 6.36 Å². The van der Waals surface area contributed by atoms with Gasteiger partial charge in [-0.05, 0) is 60.7 Å². The molecule has 2 aliphatic rings. The van der Waals surface area contributed by atoms with Gasteiger partial charge in [0.05, 0.1) is 11.7 Å². The van der Waals surface area contributed by atoms with Gasteiger partial charge in [-0.15, -0.1) is 13.2 Å². The summed E-state index contributed by atoms with van der Waals surface area (Å²) in [5.41, 5.74) is 3.38. The fraction of sp³-hybridized carbons (Fsp3) is 0.333. The number of hydrogen-bond acceptors (Lipinski definition) is 8. The molecule has 0 spiro atoms. The van der Waals surface area contributed by atoms with E-state index in [0.717, 1.165) is 61.3 Å². The number of rotatable bonds is 6. The van der Waals surface area contributed by atoms with E-state index >= 15 is 0 Å². The molecule has 1 saturated heterocycles. The van der Waals surface area contributed by atoms with E-state index in [1.165, 1.54) is 36.2 Å². The summed E-state index contributed by atoms with van der Waals surface area (Å²) in [7, 11) is 0. The van der Waals surface area contributed by atoms with Gasteiger partial charge in [0.25, 0.3) is 0 Å². The number of hydrogen-bond donors (Lipinski definition) is 2. The van der Waals surface area contributed by atoms with Gasteiger partial charge in [0.1, 0.15) is 17.4 Å². The van der Waals surface area contributed by atoms with Gasteiger partial charge in [-0.1, -0.05) is 6.42 Å². The molecule has 1 aromatic carbocycles. The van der Waals surface area contributed by atoms with Crippen molar-refractivity contribution in [3.8, 4) is 17.1 Å². The lowest BCUT2D eigenvalue weighted by molar-refractivity contribution is -0.274. The average molecular weight is 522 g/mol. The number of piperazine rings is 1. The van der Waals surface area contributed by atoms with E-state index in [1.54, 1.807) is 12.4 Å². The monoisotopic (exact) mass is 521 g/mol. The van der Waals surface area contributed by atoms with E-state index in [9.17, 15) is 13.2 Å². The van der Waals surface area contributed by atoms with Crippen molar-refractivity contribution < 1.29 is 17.9 Å². The average Bonchev–Trinajstić information content (AvgIpc) is 2.88. The third-order valence-electron chi connectivity index (χ3n) is 6.96. The summed E-state index contributed by atoms with van der Waals surface area (Å²) < 4.78 is 41.3. The minimum atomic E-state index is -4.73. The van der Waals surface area contributed by atoms with Crippen LogP contribution in [0.4, 0.5) is 30.5 Å². The summed E-state index contributed by atoms with van der Waals surface area (Å²) in [6.45, 7) is 3.49. The first-order chi connectivity index (χ1) is 18.4. The van der Waals surface area contributed by atoms with Gasteiger partial charge in [-0.25, -0.2) is 15.0 Å². The second kappa shape index (κ2) is 10.1. The lowest BCUT2D eigenvalue weighted by Gasteiger charge is -2.32. The topological polar surface area (TPSA) is 88.1 Å². The molecule has 0 amide bonds. The van der Waals surface area contributed by atoms with Crippen LogP contribution in [-0.2, 0) is 0 Å². The Morgan fingerprint density at radius 3 is 2.50 bits per heavy atom. The highest BCUT2D eigenvalue weighted by Crippen LogP contribution is 2.42. The maximum absolute atomic E-state index is 12.5. The standard InChI is InChI=1S/C27H26F3N7O/c28-27(29,30)38-20-6-4-19(5-7-20)34-23-14-18(8-9-33-23)25-35-22-16-32-15-21(17-2-1-3-17)24(22)26(36-25)37-12-10-31-11-13-37/h4-9,14-17,31H,1-3,10-13H2,(H,33,34). The number of benzene rings is 1. The summed E-state index contributed by atoms with van der Waals surface area (Å²) in [6.07, 6.45) is 4.24. The predicted octanol–water partition coefficient (Wildman–Crippen LogP) is 5.41. The number of ether oxygens (including phenoxy) is 1. The molecule has 38 heavy (non-hydrogen) atoms. The normalized spacial score (nSPS) is 16.3. The quantitative estimate of drug-likeness (QED) is 0.349. The molecule has 2 fully saturated rings. The Kier molecular flexibility index (Phi) is 6.44. The first-order valence-corrected chi connectivity index (χ1v) is 12.6. The number of alkyl halides is 3. The molecule has 0 bridgehead atoms. The molecule has 196 valence electrons. The van der Waals surface area contributed by atoms with E-state index in [1.807, 2.05) is 18.3 Å². The number of nitrogens with zero attached hydrogens (tertiary/aromatic N) is 5. The van der Waals surface area contributed by atoms with Crippen molar-refractivity contribution in [2.45, 2.75) is 31.5 Å². The van der Waals surface area contributed by atoms with Crippen molar-refractivity contribution in [3.05, 3.63) is 60.6 Å². The molecule has 4 aromatic rings. The van der Waals surface area contributed by atoms with Gasteiger partial charge in [0, 0.05) is 55.2 Å². The van der Waals surface area contributed by atoms with E-state index in [2.05, 4.69) is 30.2 Å². The first-order valence-electron chi connectivity index (χ1n) is 12.6. The zero-order valence-corrected chi connectivity index (χ0v) is 20.5. The molecule has 1 aliphatic carbocycles. The molecule has 11 heteroatoms. The Morgan fingerprint density at radius 2 is 1.79 bits per heavy atom. The molecule has 0 radical (unpaired) electrons. The van der Waals surface area contributed by atoms with Gasteiger partial charge in [-0.2, -0.15) is 0 Å². The Labute approximate surface area is 217 Å². The molecular formula is C27H26F3N7O. The highest BCUT2D eigenvalue weighted by atomic mass is 19.4. The maximum Gasteiger partial charge on any atom is 0.573 e. The molecule has 4 heterocycles. The third kappa shape index (κ3) is 5.19. The molecule has 8 nitrogen and oxygen atoms in total. The second-order valence-electron chi connectivity index (χ2n) is 9.49. The summed E-state index contributed by atoms with van der Waals surface area (Å²) in [4.78, 5) is 21.2. The molecule has 1 aliphatic heterocycles. The Balaban J connectivity index is 1.34. The van der Waals surface area contributed by atoms with Crippen LogP contribution in [0.3, 0.4) is 0 Å². The molecule has 2 N–H and O–H groups in total. The van der Waals surface area contributed by atoms with Crippen LogP contribution in [0, 0.1) is 0 Å². The number of anilines is 3. The Morgan fingerprint density at radius 1 is 1.00 bits per heavy atom. The molecule has 1 saturated carbocycles. The second-order valence-corrected chi connectivity index (χ2v) is 9.49. The summed E-state index contributed by atoms with van der Waals surface area (Å²) in [6, 6.07) is 9.16. The highest BCUT2D eigenvalue weighted by Gasteiger charge is 2.31. The van der Waals surface area contributed by atoms with Crippen LogP contribution in [0.15, 0.2) is 55.0 Å². The lowest BCUT2D eigenvalue weighted by atomic mass is 9.79. The summed E-state index contributed by atoms with van der Waals surface area (Å²) in [5.74, 6) is 2.22. The number of pyridine rings is 2. The first kappa shape index (κ1) is 24.4. The van der Waals surface area contributed by atoms with Crippen molar-refractivity contribution in [2.24, 2.45) is 0 Å². The number of halogens is 3. The Bertz CT molecular complexity index is 1440. The molecule has 0 unspecified atom stereocenters. The van der Waals surface area contributed by atoms with Gasteiger partial charge < -0.3 is 20.3 Å². The van der Waals surface area contributed by atoms with Crippen molar-refractivity contribution in [1.29, 1.82) is 0 Å². The number of fused-ring (bicyclic) bond motifs is 1. The SMILES string of the molecule is FC(F)(F)Oc1ccc(Nc2cc(-c3nc(N4CCNCC4)c4c(C5CCC5)cncc4n3)ccn2)cc1. The van der Waals surface area contributed by atoms with Gasteiger partial charge in [-0.3, -0.25) is 4.98 Å². The minimum absolute atomic E-state index is 0.287. The summed E-state index contributed by atoms with van der Waals surface area (Å²) in [5, 5.41) is 7.62. The number of nitrogens with one attached hydrogen (secondary N) is 2. The predicted molar refractivity (Wildman–Crippen MR) is 139 cm³/mol. The fourth-order valence-corrected chi connectivity index (χ4v) is 4.88. The Hall–Kier alpha value is -3.99. The van der Waals surface area contributed by atoms with E-state index in [4.69, 9.17) is 9.97 Å². The van der Waals surface area contributed by atoms with Crippen LogP contribution in [0.25, 0.3) is 22.3 Å². The van der Waals surface area contributed by atoms with Crippen molar-refractivity contribution in [1.82, 2.24) is 25.3 Å². The van der Waals surface area contributed by atoms with Crippen molar-refractivity contribution >= 4 is 28.2 Å². The summed E-state index contributed by atoms with van der Waals surface area (Å²) >= 11 is 0. The minimum Gasteiger partial charge on any atom is -0.406 e. The third-order valence-corrected chi connectivity index (χ3v) is 6.96. The van der Waals surface area contributed by atoms with Crippen LogP contribution in [0.5, 0.6) is 5.75 Å². The van der Waals surface area contributed by atoms with E-state index in [-0.39, 0.29) is 5.75 Å². The molecular weight excluding hydrogens is 495 g/mol. The van der Waals surface area contributed by atoms with E-state index in [0.29, 0.717) is 23.2 Å². The highest BCUT2D eigenvalue weighted by molar-refractivity contribution is 5.94. The molecule has 0 atom stereocenters. The smallest absolute Gasteiger partial charge is 0.406 e. The van der Waals surface area contributed by atoms with Crippen LogP contribution in [0.1, 0.15) is 30.7 Å². The van der Waals surface area contributed by atoms with Crippen LogP contribution >= 0.6 is 0 Å². The molecule has 3 aromatic heterocycles. The van der Waals surface area contributed by atoms with Gasteiger partial charge in [0.15, 0.2) is 5.82 Å². The fourth-order valence-electron chi connectivity index (χ4n) is 4.88. The van der Waals surface area contributed by atoms with Crippen molar-refractivity contribution in [3.63, 3.8) is 0 Å². The lowest BCUT2D eigenvalue weighted by Crippen LogP contribution is -2.44. The van der Waals surface area contributed by atoms with Crippen molar-refractivity contribution in [2.75, 3.05) is 36.4 Å². The van der Waals surface area contributed by atoms with Gasteiger partial charge in [0.2, 0.25) is 0 Å². The maximum atomic E-state index is 12.5. The van der Waals surface area contributed by atoms with Crippen LogP contribution in [-0.4, -0.2) is 52.5 Å². The zero-order valence-electron chi connectivity index (χ0n) is 20.5. The van der Waals surface area contributed by atoms with Crippen LogP contribution < -0.4 is 20.3 Å². The van der Waals surface area contributed by atoms with Gasteiger partial charge >= 0.3 is 6.36 Å². The zero-order chi connectivity index (χ0) is 26.1. The largest absolute Gasteiger partial charge is 0.573 e.